The van der Waals surface area contributed by atoms with E-state index in [0.717, 1.165) is 18.2 Å². The van der Waals surface area contributed by atoms with Crippen LogP contribution in [0.15, 0.2) is 30.5 Å². The predicted molar refractivity (Wildman–Crippen MR) is 123 cm³/mol. The minimum atomic E-state index is -1.32. The van der Waals surface area contributed by atoms with Crippen molar-refractivity contribution < 1.29 is 19.7 Å². The first-order chi connectivity index (χ1) is 15.8. The second-order valence-electron chi connectivity index (χ2n) is 9.16. The summed E-state index contributed by atoms with van der Waals surface area (Å²) >= 11 is 6.29. The SMILES string of the molecule is CC(C)(O)O[C@@H]1C[C@@H](CO)O[C@@H]1Cn1ncc2c(N[C@@H]3CCc4ccccc43)nc(Cl)nc21. The fraction of sp³-hybridized carbons (Fsp3) is 0.522. The van der Waals surface area contributed by atoms with E-state index >= 15 is 0 Å². The van der Waals surface area contributed by atoms with Crippen LogP contribution < -0.4 is 5.32 Å². The molecule has 0 radical (unpaired) electrons. The summed E-state index contributed by atoms with van der Waals surface area (Å²) in [6, 6.07) is 8.55. The Morgan fingerprint density at radius 3 is 2.91 bits per heavy atom. The zero-order valence-corrected chi connectivity index (χ0v) is 19.4. The highest BCUT2D eigenvalue weighted by Crippen LogP contribution is 2.35. The molecule has 9 nitrogen and oxygen atoms in total. The fourth-order valence-corrected chi connectivity index (χ4v) is 4.95. The largest absolute Gasteiger partial charge is 0.394 e. The van der Waals surface area contributed by atoms with Crippen LogP contribution in [0.2, 0.25) is 5.28 Å². The lowest BCUT2D eigenvalue weighted by molar-refractivity contribution is -0.215. The molecule has 4 atom stereocenters. The first-order valence-corrected chi connectivity index (χ1v) is 11.6. The molecular weight excluding hydrogens is 446 g/mol. The zero-order valence-electron chi connectivity index (χ0n) is 18.6. The van der Waals surface area contributed by atoms with E-state index in [1.54, 1.807) is 24.7 Å². The molecule has 1 fully saturated rings. The Morgan fingerprint density at radius 1 is 1.30 bits per heavy atom. The van der Waals surface area contributed by atoms with Gasteiger partial charge in [-0.2, -0.15) is 15.1 Å². The molecule has 0 spiro atoms. The van der Waals surface area contributed by atoms with Gasteiger partial charge in [0.2, 0.25) is 5.28 Å². The quantitative estimate of drug-likeness (QED) is 0.354. The molecule has 0 bridgehead atoms. The lowest BCUT2D eigenvalue weighted by Crippen LogP contribution is -2.37. The zero-order chi connectivity index (χ0) is 23.2. The van der Waals surface area contributed by atoms with E-state index < -0.39 is 18.0 Å². The Labute approximate surface area is 196 Å². The molecule has 176 valence electrons. The van der Waals surface area contributed by atoms with Crippen LogP contribution in [0.3, 0.4) is 0 Å². The molecule has 0 unspecified atom stereocenters. The number of ether oxygens (including phenoxy) is 2. The number of nitrogens with one attached hydrogen (secondary N) is 1. The van der Waals surface area contributed by atoms with Crippen molar-refractivity contribution in [2.75, 3.05) is 11.9 Å². The van der Waals surface area contributed by atoms with Gasteiger partial charge < -0.3 is 25.0 Å². The summed E-state index contributed by atoms with van der Waals surface area (Å²) < 4.78 is 13.5. The van der Waals surface area contributed by atoms with Crippen molar-refractivity contribution in [1.82, 2.24) is 19.7 Å². The van der Waals surface area contributed by atoms with Crippen LogP contribution in [0.1, 0.15) is 43.9 Å². The molecular formula is C23H28ClN5O4. The molecule has 0 amide bonds. The number of anilines is 1. The molecule has 1 aliphatic carbocycles. The lowest BCUT2D eigenvalue weighted by atomic mass is 10.1. The van der Waals surface area contributed by atoms with E-state index in [-0.39, 0.29) is 24.0 Å². The standard InChI is InChI=1S/C23H28ClN5O4/c1-23(2,31)33-18-9-14(12-30)32-19(18)11-29-21-16(10-25-29)20(27-22(24)28-21)26-17-8-7-13-5-3-4-6-15(13)17/h3-6,10,14,17-19,30-31H,7-9,11-12H2,1-2H3,(H,26,27,28)/t14-,17+,18+,19+/m0/s1. The average molecular weight is 474 g/mol. The summed E-state index contributed by atoms with van der Waals surface area (Å²) in [6.45, 7) is 3.37. The van der Waals surface area contributed by atoms with Gasteiger partial charge in [0.15, 0.2) is 11.4 Å². The molecule has 2 aromatic heterocycles. The maximum absolute atomic E-state index is 10.1. The van der Waals surface area contributed by atoms with Gasteiger partial charge in [-0.25, -0.2) is 4.68 Å². The van der Waals surface area contributed by atoms with Crippen LogP contribution >= 0.6 is 11.6 Å². The molecule has 0 saturated carbocycles. The molecule has 3 N–H and O–H groups in total. The first-order valence-electron chi connectivity index (χ1n) is 11.2. The van der Waals surface area contributed by atoms with Crippen LogP contribution in [-0.2, 0) is 22.4 Å². The molecule has 3 heterocycles. The Hall–Kier alpha value is -2.30. The van der Waals surface area contributed by atoms with Gasteiger partial charge in [0.1, 0.15) is 11.9 Å². The highest BCUT2D eigenvalue weighted by Gasteiger charge is 2.39. The van der Waals surface area contributed by atoms with Gasteiger partial charge in [0.25, 0.3) is 0 Å². The van der Waals surface area contributed by atoms with E-state index in [1.165, 1.54) is 11.1 Å². The van der Waals surface area contributed by atoms with Crippen LogP contribution in [0.4, 0.5) is 5.82 Å². The Balaban J connectivity index is 1.41. The van der Waals surface area contributed by atoms with Crippen molar-refractivity contribution in [3.8, 4) is 0 Å². The number of aromatic nitrogens is 4. The lowest BCUT2D eigenvalue weighted by Gasteiger charge is -2.26. The van der Waals surface area contributed by atoms with E-state index in [2.05, 4.69) is 38.6 Å². The molecule has 1 saturated heterocycles. The Kier molecular flexibility index (Phi) is 6.00. The number of hydrogen-bond acceptors (Lipinski definition) is 8. The molecule has 33 heavy (non-hydrogen) atoms. The normalized spacial score (nSPS) is 25.0. The second-order valence-corrected chi connectivity index (χ2v) is 9.50. The van der Waals surface area contributed by atoms with Gasteiger partial charge in [-0.05, 0) is 49.4 Å². The number of benzene rings is 1. The van der Waals surface area contributed by atoms with Gasteiger partial charge in [0, 0.05) is 6.42 Å². The van der Waals surface area contributed by atoms with Crippen molar-refractivity contribution in [3.63, 3.8) is 0 Å². The maximum Gasteiger partial charge on any atom is 0.226 e. The van der Waals surface area contributed by atoms with E-state index in [4.69, 9.17) is 21.1 Å². The second kappa shape index (κ2) is 8.81. The average Bonchev–Trinajstić information content (AvgIpc) is 3.46. The summed E-state index contributed by atoms with van der Waals surface area (Å²) in [6.07, 6.45) is 3.03. The third-order valence-electron chi connectivity index (χ3n) is 6.19. The smallest absolute Gasteiger partial charge is 0.226 e. The van der Waals surface area contributed by atoms with Crippen LogP contribution in [0.5, 0.6) is 0 Å². The summed E-state index contributed by atoms with van der Waals surface area (Å²) in [5.74, 6) is -0.675. The topological polar surface area (TPSA) is 115 Å². The molecule has 1 aromatic carbocycles. The molecule has 1 aliphatic heterocycles. The number of aliphatic hydroxyl groups excluding tert-OH is 1. The molecule has 10 heteroatoms. The van der Waals surface area contributed by atoms with Crippen molar-refractivity contribution in [2.45, 2.75) is 69.8 Å². The first kappa shape index (κ1) is 22.5. The van der Waals surface area contributed by atoms with E-state index in [9.17, 15) is 10.2 Å². The minimum absolute atomic E-state index is 0.118. The minimum Gasteiger partial charge on any atom is -0.394 e. The van der Waals surface area contributed by atoms with Crippen molar-refractivity contribution in [2.24, 2.45) is 0 Å². The van der Waals surface area contributed by atoms with Gasteiger partial charge in [0.05, 0.1) is 43.0 Å². The van der Waals surface area contributed by atoms with Crippen molar-refractivity contribution in [1.29, 1.82) is 0 Å². The van der Waals surface area contributed by atoms with Gasteiger partial charge in [-0.3, -0.25) is 0 Å². The number of hydrogen-bond donors (Lipinski definition) is 3. The number of aryl methyl sites for hydroxylation is 1. The Bertz CT molecular complexity index is 1150. The summed E-state index contributed by atoms with van der Waals surface area (Å²) in [4.78, 5) is 8.86. The Morgan fingerprint density at radius 2 is 2.12 bits per heavy atom. The number of nitrogens with zero attached hydrogens (tertiary/aromatic N) is 4. The highest BCUT2D eigenvalue weighted by atomic mass is 35.5. The molecule has 5 rings (SSSR count). The van der Waals surface area contributed by atoms with Crippen LogP contribution in [0, 0.1) is 0 Å². The number of fused-ring (bicyclic) bond motifs is 2. The van der Waals surface area contributed by atoms with E-state index in [1.807, 2.05) is 6.07 Å². The summed E-state index contributed by atoms with van der Waals surface area (Å²) in [7, 11) is 0. The van der Waals surface area contributed by atoms with Crippen LogP contribution in [0.25, 0.3) is 11.0 Å². The summed E-state index contributed by atoms with van der Waals surface area (Å²) in [5, 5.41) is 28.6. The molecule has 3 aromatic rings. The van der Waals surface area contributed by atoms with Crippen LogP contribution in [-0.4, -0.2) is 60.7 Å². The number of rotatable bonds is 7. The predicted octanol–water partition coefficient (Wildman–Crippen LogP) is 2.84. The van der Waals surface area contributed by atoms with Gasteiger partial charge in [-0.15, -0.1) is 0 Å². The van der Waals surface area contributed by atoms with Gasteiger partial charge in [-0.1, -0.05) is 24.3 Å². The van der Waals surface area contributed by atoms with Crippen molar-refractivity contribution >= 4 is 28.5 Å². The fourth-order valence-electron chi connectivity index (χ4n) is 4.79. The monoisotopic (exact) mass is 473 g/mol. The van der Waals surface area contributed by atoms with E-state index in [0.29, 0.717) is 24.4 Å². The number of aliphatic hydroxyl groups is 2. The third kappa shape index (κ3) is 4.69. The summed E-state index contributed by atoms with van der Waals surface area (Å²) in [5.41, 5.74) is 3.20. The highest BCUT2D eigenvalue weighted by molar-refractivity contribution is 6.28. The maximum atomic E-state index is 10.1. The van der Waals surface area contributed by atoms with Crippen molar-refractivity contribution in [3.05, 3.63) is 46.9 Å². The number of halogens is 1. The molecule has 2 aliphatic rings. The van der Waals surface area contributed by atoms with Gasteiger partial charge >= 0.3 is 0 Å². The third-order valence-corrected chi connectivity index (χ3v) is 6.36.